The molecule has 0 aliphatic carbocycles. The molecule has 1 fully saturated rings. The van der Waals surface area contributed by atoms with Crippen LogP contribution in [-0.4, -0.2) is 11.4 Å². The van der Waals surface area contributed by atoms with Crippen molar-refractivity contribution in [3.8, 4) is 0 Å². The van der Waals surface area contributed by atoms with Crippen LogP contribution in [0, 0.1) is 0 Å². The van der Waals surface area contributed by atoms with Crippen LogP contribution in [0.5, 0.6) is 0 Å². The summed E-state index contributed by atoms with van der Waals surface area (Å²) in [5, 5.41) is 3.37. The van der Waals surface area contributed by atoms with Gasteiger partial charge < -0.3 is 5.32 Å². The molecule has 3 nitrogen and oxygen atoms in total. The Bertz CT molecular complexity index is 774. The number of nitrogens with zero attached hydrogens (tertiary/aromatic N) is 1. The standard InChI is InChI=1S/C16H11BrN2OS/c17-11-6-2-1-5-10(11)9-14-15(20)19-13-8-4-3-7-12(13)18-16(19)21-14/h1-9,16,18H/b14-9-. The summed E-state index contributed by atoms with van der Waals surface area (Å²) < 4.78 is 0.992. The summed E-state index contributed by atoms with van der Waals surface area (Å²) in [4.78, 5) is 15.2. The van der Waals surface area contributed by atoms with Gasteiger partial charge in [0.25, 0.3) is 5.91 Å². The third kappa shape index (κ3) is 2.08. The molecule has 0 saturated carbocycles. The first-order valence-corrected chi connectivity index (χ1v) is 8.23. The predicted octanol–water partition coefficient (Wildman–Crippen LogP) is 4.28. The van der Waals surface area contributed by atoms with Crippen LogP contribution in [0.2, 0.25) is 0 Å². The fourth-order valence-corrected chi connectivity index (χ4v) is 4.08. The summed E-state index contributed by atoms with van der Waals surface area (Å²) in [6.07, 6.45) is 1.94. The van der Waals surface area contributed by atoms with Gasteiger partial charge in [-0.2, -0.15) is 0 Å². The number of nitrogens with one attached hydrogen (secondary N) is 1. The minimum absolute atomic E-state index is 0.0383. The molecule has 4 rings (SSSR count). The number of anilines is 2. The molecule has 2 aliphatic heterocycles. The van der Waals surface area contributed by atoms with E-state index in [4.69, 9.17) is 0 Å². The molecule has 104 valence electrons. The Morgan fingerprint density at radius 1 is 1.14 bits per heavy atom. The number of carbonyl (C=O) groups is 1. The fraction of sp³-hybridized carbons (Fsp3) is 0.0625. The normalized spacial score (nSPS) is 21.4. The summed E-state index contributed by atoms with van der Waals surface area (Å²) in [5.74, 6) is 0.0539. The summed E-state index contributed by atoms with van der Waals surface area (Å²) >= 11 is 5.07. The lowest BCUT2D eigenvalue weighted by molar-refractivity contribution is -0.114. The number of carbonyl (C=O) groups excluding carboxylic acids is 1. The van der Waals surface area contributed by atoms with E-state index in [1.165, 1.54) is 0 Å². The third-order valence-corrected chi connectivity index (χ3v) is 5.36. The summed E-state index contributed by atoms with van der Waals surface area (Å²) in [7, 11) is 0. The first kappa shape index (κ1) is 13.0. The second kappa shape index (κ2) is 4.93. The van der Waals surface area contributed by atoms with Gasteiger partial charge in [0.1, 0.15) is 0 Å². The molecule has 2 aromatic carbocycles. The van der Waals surface area contributed by atoms with E-state index < -0.39 is 0 Å². The second-order valence-electron chi connectivity index (χ2n) is 4.84. The van der Waals surface area contributed by atoms with Gasteiger partial charge in [0.05, 0.1) is 16.3 Å². The minimum atomic E-state index is -0.0383. The van der Waals surface area contributed by atoms with Crippen molar-refractivity contribution in [2.45, 2.75) is 5.50 Å². The van der Waals surface area contributed by atoms with E-state index in [9.17, 15) is 4.79 Å². The van der Waals surface area contributed by atoms with E-state index in [1.54, 1.807) is 11.8 Å². The molecule has 1 atom stereocenters. The van der Waals surface area contributed by atoms with Crippen molar-refractivity contribution in [2.75, 3.05) is 10.2 Å². The lowest BCUT2D eigenvalue weighted by Gasteiger charge is -2.12. The van der Waals surface area contributed by atoms with Crippen LogP contribution in [0.25, 0.3) is 6.08 Å². The second-order valence-corrected chi connectivity index (χ2v) is 6.81. The molecule has 2 heterocycles. The Morgan fingerprint density at radius 3 is 2.76 bits per heavy atom. The zero-order valence-electron chi connectivity index (χ0n) is 10.9. The van der Waals surface area contributed by atoms with Gasteiger partial charge >= 0.3 is 0 Å². The number of halogens is 1. The summed E-state index contributed by atoms with van der Waals surface area (Å²) in [6.45, 7) is 0. The van der Waals surface area contributed by atoms with Crippen LogP contribution in [-0.2, 0) is 4.79 Å². The van der Waals surface area contributed by atoms with Crippen LogP contribution in [0.1, 0.15) is 5.56 Å². The van der Waals surface area contributed by atoms with E-state index in [2.05, 4.69) is 21.2 Å². The monoisotopic (exact) mass is 358 g/mol. The van der Waals surface area contributed by atoms with Crippen molar-refractivity contribution >= 4 is 51.0 Å². The van der Waals surface area contributed by atoms with Crippen LogP contribution in [0.15, 0.2) is 57.9 Å². The average Bonchev–Trinajstić information content (AvgIpc) is 2.99. The molecule has 0 aromatic heterocycles. The minimum Gasteiger partial charge on any atom is -0.354 e. The molecule has 5 heteroatoms. The zero-order valence-corrected chi connectivity index (χ0v) is 13.3. The maximum Gasteiger partial charge on any atom is 0.267 e. The average molecular weight is 359 g/mol. The molecule has 0 radical (unpaired) electrons. The molecule has 2 aliphatic rings. The van der Waals surface area contributed by atoms with Gasteiger partial charge in [-0.05, 0) is 29.8 Å². The molecule has 21 heavy (non-hydrogen) atoms. The molecule has 1 unspecified atom stereocenters. The molecule has 2 aromatic rings. The Hall–Kier alpha value is -1.72. The number of amides is 1. The number of para-hydroxylation sites is 2. The van der Waals surface area contributed by atoms with Crippen LogP contribution < -0.4 is 10.2 Å². The Balaban J connectivity index is 1.71. The van der Waals surface area contributed by atoms with Crippen molar-refractivity contribution in [3.05, 3.63) is 63.5 Å². The third-order valence-electron chi connectivity index (χ3n) is 3.54. The Labute approximate surface area is 135 Å². The molecular weight excluding hydrogens is 348 g/mol. The van der Waals surface area contributed by atoms with Crippen molar-refractivity contribution in [3.63, 3.8) is 0 Å². The summed E-state index contributed by atoms with van der Waals surface area (Å²) in [5.41, 5.74) is 2.95. The topological polar surface area (TPSA) is 32.3 Å². The van der Waals surface area contributed by atoms with Gasteiger partial charge in [0.15, 0.2) is 5.50 Å². The van der Waals surface area contributed by atoms with Gasteiger partial charge in [0.2, 0.25) is 0 Å². The highest BCUT2D eigenvalue weighted by molar-refractivity contribution is 9.10. The number of thioether (sulfide) groups is 1. The number of rotatable bonds is 1. The highest BCUT2D eigenvalue weighted by atomic mass is 79.9. The molecule has 1 saturated heterocycles. The lowest BCUT2D eigenvalue weighted by Crippen LogP contribution is -2.31. The Morgan fingerprint density at radius 2 is 1.90 bits per heavy atom. The number of benzene rings is 2. The zero-order chi connectivity index (χ0) is 14.4. The van der Waals surface area contributed by atoms with Crippen molar-refractivity contribution in [2.24, 2.45) is 0 Å². The van der Waals surface area contributed by atoms with E-state index in [1.807, 2.05) is 59.5 Å². The maximum absolute atomic E-state index is 12.6. The quantitative estimate of drug-likeness (QED) is 0.772. The largest absolute Gasteiger partial charge is 0.354 e. The van der Waals surface area contributed by atoms with Gasteiger partial charge in [0, 0.05) is 4.47 Å². The van der Waals surface area contributed by atoms with E-state index in [0.717, 1.165) is 26.3 Å². The maximum atomic E-state index is 12.6. The van der Waals surface area contributed by atoms with E-state index in [0.29, 0.717) is 0 Å². The first-order chi connectivity index (χ1) is 10.2. The van der Waals surface area contributed by atoms with Crippen LogP contribution in [0.3, 0.4) is 0 Å². The van der Waals surface area contributed by atoms with Gasteiger partial charge in [-0.3, -0.25) is 9.69 Å². The lowest BCUT2D eigenvalue weighted by atomic mass is 10.2. The summed E-state index contributed by atoms with van der Waals surface area (Å²) in [6, 6.07) is 15.8. The van der Waals surface area contributed by atoms with Crippen molar-refractivity contribution in [1.29, 1.82) is 0 Å². The van der Waals surface area contributed by atoms with Crippen molar-refractivity contribution < 1.29 is 4.79 Å². The van der Waals surface area contributed by atoms with E-state index in [-0.39, 0.29) is 11.4 Å². The molecule has 0 bridgehead atoms. The first-order valence-electron chi connectivity index (χ1n) is 6.56. The van der Waals surface area contributed by atoms with Gasteiger partial charge in [-0.25, -0.2) is 0 Å². The van der Waals surface area contributed by atoms with Gasteiger partial charge in [-0.15, -0.1) is 0 Å². The molecular formula is C16H11BrN2OS. The van der Waals surface area contributed by atoms with Crippen molar-refractivity contribution in [1.82, 2.24) is 0 Å². The number of hydrogen-bond acceptors (Lipinski definition) is 3. The SMILES string of the molecule is O=C1/C(=C/c2ccccc2Br)SC2Nc3ccccc3N12. The predicted molar refractivity (Wildman–Crippen MR) is 91.0 cm³/mol. The molecule has 1 N–H and O–H groups in total. The number of fused-ring (bicyclic) bond motifs is 3. The Kier molecular flexibility index (Phi) is 3.05. The molecule has 0 spiro atoms. The number of hydrogen-bond donors (Lipinski definition) is 1. The molecule has 1 amide bonds. The van der Waals surface area contributed by atoms with Crippen LogP contribution in [0.4, 0.5) is 11.4 Å². The smallest absolute Gasteiger partial charge is 0.267 e. The van der Waals surface area contributed by atoms with Gasteiger partial charge in [-0.1, -0.05) is 58.0 Å². The van der Waals surface area contributed by atoms with E-state index >= 15 is 0 Å². The fourth-order valence-electron chi connectivity index (χ4n) is 2.55. The highest BCUT2D eigenvalue weighted by Crippen LogP contribution is 2.47. The highest BCUT2D eigenvalue weighted by Gasteiger charge is 2.42. The van der Waals surface area contributed by atoms with Crippen LogP contribution >= 0.6 is 27.7 Å².